The lowest BCUT2D eigenvalue weighted by Crippen LogP contribution is -2.23. The average Bonchev–Trinajstić information content (AvgIpc) is 3.38. The van der Waals surface area contributed by atoms with Gasteiger partial charge in [-0.25, -0.2) is 0 Å². The predicted octanol–water partition coefficient (Wildman–Crippen LogP) is 4.86. The maximum atomic E-state index is 12.7. The van der Waals surface area contributed by atoms with Gasteiger partial charge in [-0.1, -0.05) is 0 Å². The van der Waals surface area contributed by atoms with Gasteiger partial charge in [0.15, 0.2) is 5.65 Å². The van der Waals surface area contributed by atoms with Crippen LogP contribution in [0.25, 0.3) is 27.6 Å². The number of benzene rings is 2. The van der Waals surface area contributed by atoms with Gasteiger partial charge in [0.25, 0.3) is 5.91 Å². The fourth-order valence-electron chi connectivity index (χ4n) is 3.53. The molecule has 0 saturated heterocycles. The van der Waals surface area contributed by atoms with Crippen molar-refractivity contribution < 1.29 is 22.7 Å². The quantitative estimate of drug-likeness (QED) is 0.398. The highest BCUT2D eigenvalue weighted by molar-refractivity contribution is 7.05. The topological polar surface area (TPSA) is 81.9 Å². The number of halogens is 3. The third kappa shape index (κ3) is 4.22. The van der Waals surface area contributed by atoms with Gasteiger partial charge < -0.3 is 10.1 Å². The number of hydrogen-bond donors (Lipinski definition) is 1. The monoisotopic (exact) mass is 469 g/mol. The van der Waals surface area contributed by atoms with E-state index >= 15 is 0 Å². The number of alkyl halides is 3. The predicted molar refractivity (Wildman–Crippen MR) is 116 cm³/mol. The molecule has 0 spiro atoms. The highest BCUT2D eigenvalue weighted by Gasteiger charge is 2.31. The van der Waals surface area contributed by atoms with Crippen LogP contribution in [0.15, 0.2) is 66.4 Å². The zero-order valence-corrected chi connectivity index (χ0v) is 17.5. The molecule has 166 valence electrons. The molecule has 0 atom stereocenters. The molecule has 0 bridgehead atoms. The molecule has 3 aromatic heterocycles. The van der Waals surface area contributed by atoms with Crippen molar-refractivity contribution in [3.05, 3.63) is 77.7 Å². The lowest BCUT2D eigenvalue weighted by Gasteiger charge is -2.11. The normalized spacial score (nSPS) is 11.7. The number of carbonyl (C=O) groups excluding carboxylic acids is 1. The van der Waals surface area contributed by atoms with E-state index in [9.17, 15) is 18.0 Å². The average molecular weight is 469 g/mol. The van der Waals surface area contributed by atoms with Gasteiger partial charge in [0.05, 0.1) is 24.0 Å². The number of nitrogens with one attached hydrogen (secondary N) is 1. The molecule has 0 aliphatic rings. The van der Waals surface area contributed by atoms with Gasteiger partial charge in [-0.15, -0.1) is 13.2 Å². The summed E-state index contributed by atoms with van der Waals surface area (Å²) in [7, 11) is 0. The van der Waals surface area contributed by atoms with Crippen molar-refractivity contribution in [1.29, 1.82) is 0 Å². The summed E-state index contributed by atoms with van der Waals surface area (Å²) in [5, 5.41) is 6.34. The van der Waals surface area contributed by atoms with E-state index in [1.165, 1.54) is 35.8 Å². The summed E-state index contributed by atoms with van der Waals surface area (Å²) >= 11 is 1.26. The number of hydrogen-bond acceptors (Lipinski definition) is 6. The Morgan fingerprint density at radius 3 is 2.64 bits per heavy atom. The summed E-state index contributed by atoms with van der Waals surface area (Å²) in [6, 6.07) is 10.8. The standard InChI is InChI=1S/C22H14F3N5O2S/c23-22(24,25)32-16-4-2-15(3-5-16)30-19-6-1-13(9-17(19)18-12-33-29-20(18)30)21(31)28-11-14-10-26-7-8-27-14/h1-10,12H,11H2,(H,28,31). The zero-order valence-electron chi connectivity index (χ0n) is 16.7. The highest BCUT2D eigenvalue weighted by atomic mass is 32.1. The first-order chi connectivity index (χ1) is 15.9. The first-order valence-electron chi connectivity index (χ1n) is 9.67. The van der Waals surface area contributed by atoms with Crippen LogP contribution in [0.4, 0.5) is 13.2 Å². The lowest BCUT2D eigenvalue weighted by molar-refractivity contribution is -0.274. The van der Waals surface area contributed by atoms with Crippen LogP contribution in [-0.2, 0) is 6.54 Å². The molecule has 3 heterocycles. The molecule has 0 saturated carbocycles. The molecule has 1 N–H and O–H groups in total. The van der Waals surface area contributed by atoms with Gasteiger partial charge in [0, 0.05) is 39.8 Å². The number of ether oxygens (including phenoxy) is 1. The van der Waals surface area contributed by atoms with Crippen molar-refractivity contribution in [2.24, 2.45) is 0 Å². The van der Waals surface area contributed by atoms with Crippen LogP contribution in [0.1, 0.15) is 16.1 Å². The van der Waals surface area contributed by atoms with Crippen molar-refractivity contribution in [2.45, 2.75) is 12.9 Å². The van der Waals surface area contributed by atoms with Crippen molar-refractivity contribution in [1.82, 2.24) is 24.2 Å². The van der Waals surface area contributed by atoms with E-state index in [0.717, 1.165) is 16.3 Å². The number of aromatic nitrogens is 4. The van der Waals surface area contributed by atoms with Crippen molar-refractivity contribution in [2.75, 3.05) is 0 Å². The van der Waals surface area contributed by atoms with Crippen LogP contribution < -0.4 is 10.1 Å². The van der Waals surface area contributed by atoms with E-state index in [1.54, 1.807) is 36.8 Å². The minimum atomic E-state index is -4.76. The largest absolute Gasteiger partial charge is 0.573 e. The van der Waals surface area contributed by atoms with E-state index in [0.29, 0.717) is 22.6 Å². The molecule has 5 rings (SSSR count). The van der Waals surface area contributed by atoms with E-state index in [2.05, 4.69) is 24.4 Å². The van der Waals surface area contributed by atoms with Crippen LogP contribution in [0, 0.1) is 0 Å². The molecule has 0 radical (unpaired) electrons. The van der Waals surface area contributed by atoms with Crippen molar-refractivity contribution in [3.63, 3.8) is 0 Å². The molecule has 5 aromatic rings. The van der Waals surface area contributed by atoms with Gasteiger partial charge in [-0.2, -0.15) is 4.37 Å². The van der Waals surface area contributed by atoms with Crippen LogP contribution >= 0.6 is 11.5 Å². The Morgan fingerprint density at radius 1 is 1.09 bits per heavy atom. The Hall–Kier alpha value is -3.99. The second-order valence-corrected chi connectivity index (χ2v) is 7.67. The summed E-state index contributed by atoms with van der Waals surface area (Å²) in [5.74, 6) is -0.570. The Bertz CT molecular complexity index is 1450. The molecule has 11 heteroatoms. The fraction of sp³-hybridized carbons (Fsp3) is 0.0909. The lowest BCUT2D eigenvalue weighted by atomic mass is 10.1. The molecule has 0 unspecified atom stereocenters. The third-order valence-corrected chi connectivity index (χ3v) is 5.55. The molecule has 0 aliphatic heterocycles. The van der Waals surface area contributed by atoms with Crippen LogP contribution in [0.2, 0.25) is 0 Å². The molecule has 7 nitrogen and oxygen atoms in total. The summed E-state index contributed by atoms with van der Waals surface area (Å²) in [4.78, 5) is 20.8. The second kappa shape index (κ2) is 8.17. The highest BCUT2D eigenvalue weighted by Crippen LogP contribution is 2.34. The van der Waals surface area contributed by atoms with Crippen LogP contribution in [0.5, 0.6) is 5.75 Å². The Kier molecular flexibility index (Phi) is 5.17. The zero-order chi connectivity index (χ0) is 23.0. The molecule has 2 aromatic carbocycles. The van der Waals surface area contributed by atoms with Gasteiger partial charge in [0.1, 0.15) is 5.75 Å². The van der Waals surface area contributed by atoms with Gasteiger partial charge in [-0.05, 0) is 54.0 Å². The van der Waals surface area contributed by atoms with E-state index in [-0.39, 0.29) is 18.2 Å². The molecule has 1 amide bonds. The first-order valence-corrected chi connectivity index (χ1v) is 10.5. The summed E-state index contributed by atoms with van der Waals surface area (Å²) in [6.45, 7) is 0.244. The molecular formula is C22H14F3N5O2S. The summed E-state index contributed by atoms with van der Waals surface area (Å²) in [6.07, 6.45) is -0.0671. The van der Waals surface area contributed by atoms with Gasteiger partial charge >= 0.3 is 6.36 Å². The Morgan fingerprint density at radius 2 is 1.91 bits per heavy atom. The number of amides is 1. The van der Waals surface area contributed by atoms with Gasteiger partial charge in [-0.3, -0.25) is 19.3 Å². The van der Waals surface area contributed by atoms with Crippen molar-refractivity contribution in [3.8, 4) is 11.4 Å². The van der Waals surface area contributed by atoms with E-state index in [4.69, 9.17) is 0 Å². The molecular weight excluding hydrogens is 455 g/mol. The van der Waals surface area contributed by atoms with E-state index in [1.807, 2.05) is 9.95 Å². The Labute approximate surface area is 188 Å². The fourth-order valence-corrected chi connectivity index (χ4v) is 4.20. The second-order valence-electron chi connectivity index (χ2n) is 7.04. The molecule has 33 heavy (non-hydrogen) atoms. The van der Waals surface area contributed by atoms with Gasteiger partial charge in [0.2, 0.25) is 0 Å². The number of nitrogens with zero attached hydrogens (tertiary/aromatic N) is 4. The molecule has 0 aliphatic carbocycles. The summed E-state index contributed by atoms with van der Waals surface area (Å²) < 4.78 is 47.6. The Balaban J connectivity index is 1.48. The minimum Gasteiger partial charge on any atom is -0.406 e. The minimum absolute atomic E-state index is 0.244. The number of carbonyl (C=O) groups is 1. The van der Waals surface area contributed by atoms with E-state index < -0.39 is 6.36 Å². The number of fused-ring (bicyclic) bond motifs is 3. The summed E-state index contributed by atoms with van der Waals surface area (Å²) in [5.41, 5.74) is 3.15. The maximum absolute atomic E-state index is 12.7. The maximum Gasteiger partial charge on any atom is 0.573 e. The van der Waals surface area contributed by atoms with Crippen LogP contribution in [-0.4, -0.2) is 31.2 Å². The first kappa shape index (κ1) is 20.9. The molecule has 0 fully saturated rings. The third-order valence-electron chi connectivity index (χ3n) is 4.93. The SMILES string of the molecule is O=C(NCc1cnccn1)c1ccc2c(c1)c1csnc1n2-c1ccc(OC(F)(F)F)cc1. The number of rotatable bonds is 5. The van der Waals surface area contributed by atoms with Crippen molar-refractivity contribution >= 4 is 39.4 Å². The smallest absolute Gasteiger partial charge is 0.406 e. The van der Waals surface area contributed by atoms with Crippen LogP contribution in [0.3, 0.4) is 0 Å².